The van der Waals surface area contributed by atoms with E-state index < -0.39 is 9.84 Å². The number of halogens is 1. The Morgan fingerprint density at radius 3 is 2.29 bits per heavy atom. The first-order valence-corrected chi connectivity index (χ1v) is 8.80. The van der Waals surface area contributed by atoms with Crippen LogP contribution in [0.4, 0.5) is 0 Å². The van der Waals surface area contributed by atoms with Crippen LogP contribution in [0.15, 0.2) is 30.3 Å². The predicted octanol–water partition coefficient (Wildman–Crippen LogP) is 3.17. The van der Waals surface area contributed by atoms with Crippen molar-refractivity contribution in [3.63, 3.8) is 0 Å². The third kappa shape index (κ3) is 3.32. The summed E-state index contributed by atoms with van der Waals surface area (Å²) in [5, 5.41) is 0.800. The number of sulfone groups is 1. The Morgan fingerprint density at radius 1 is 1.18 bits per heavy atom. The number of hydrogen-bond acceptors (Lipinski definition) is 2. The standard InChI is InChI=1S/C13H17BrO2S/c14-10-13(7-4-8-13)11-17(15,16)9-12-5-2-1-3-6-12/h1-3,5-6H,4,7-11H2. The molecular weight excluding hydrogens is 300 g/mol. The highest BCUT2D eigenvalue weighted by Gasteiger charge is 2.39. The third-order valence-electron chi connectivity index (χ3n) is 3.45. The minimum atomic E-state index is -3.00. The summed E-state index contributed by atoms with van der Waals surface area (Å²) in [5.41, 5.74) is 0.893. The molecule has 2 rings (SSSR count). The summed E-state index contributed by atoms with van der Waals surface area (Å²) in [4.78, 5) is 0. The summed E-state index contributed by atoms with van der Waals surface area (Å²) < 4.78 is 24.3. The van der Waals surface area contributed by atoms with Crippen molar-refractivity contribution < 1.29 is 8.42 Å². The lowest BCUT2D eigenvalue weighted by Crippen LogP contribution is -2.38. The maximum absolute atomic E-state index is 12.1. The molecule has 4 heteroatoms. The summed E-state index contributed by atoms with van der Waals surface area (Å²) in [5.74, 6) is 0.489. The second-order valence-electron chi connectivity index (χ2n) is 5.01. The molecule has 0 spiro atoms. The lowest BCUT2D eigenvalue weighted by molar-refractivity contribution is 0.203. The molecule has 0 N–H and O–H groups in total. The molecule has 0 aliphatic heterocycles. The van der Waals surface area contributed by atoms with Crippen LogP contribution >= 0.6 is 15.9 Å². The molecule has 0 heterocycles. The number of benzene rings is 1. The fourth-order valence-electron chi connectivity index (χ4n) is 2.34. The summed E-state index contributed by atoms with van der Waals surface area (Å²) in [6, 6.07) is 9.42. The molecular formula is C13H17BrO2S. The van der Waals surface area contributed by atoms with E-state index in [0.717, 1.165) is 30.2 Å². The fraction of sp³-hybridized carbons (Fsp3) is 0.538. The van der Waals surface area contributed by atoms with Crippen molar-refractivity contribution in [1.82, 2.24) is 0 Å². The van der Waals surface area contributed by atoms with E-state index in [-0.39, 0.29) is 11.2 Å². The van der Waals surface area contributed by atoms with Gasteiger partial charge in [0, 0.05) is 5.33 Å². The van der Waals surface area contributed by atoms with Gasteiger partial charge in [-0.05, 0) is 23.8 Å². The summed E-state index contributed by atoms with van der Waals surface area (Å²) in [7, 11) is -3.00. The zero-order valence-electron chi connectivity index (χ0n) is 9.73. The highest BCUT2D eigenvalue weighted by Crippen LogP contribution is 2.43. The van der Waals surface area contributed by atoms with Crippen molar-refractivity contribution >= 4 is 25.8 Å². The largest absolute Gasteiger partial charge is 0.228 e. The van der Waals surface area contributed by atoms with Gasteiger partial charge < -0.3 is 0 Å². The molecule has 17 heavy (non-hydrogen) atoms. The molecule has 0 amide bonds. The quantitative estimate of drug-likeness (QED) is 0.782. The Morgan fingerprint density at radius 2 is 1.82 bits per heavy atom. The Kier molecular flexibility index (Phi) is 3.93. The summed E-state index contributed by atoms with van der Waals surface area (Å²) in [6.07, 6.45) is 3.23. The molecule has 0 aromatic heterocycles. The van der Waals surface area contributed by atoms with Crippen molar-refractivity contribution in [3.05, 3.63) is 35.9 Å². The Hall–Kier alpha value is -0.350. The topological polar surface area (TPSA) is 34.1 Å². The predicted molar refractivity (Wildman–Crippen MR) is 74.0 cm³/mol. The number of rotatable bonds is 5. The Balaban J connectivity index is 2.05. The van der Waals surface area contributed by atoms with Gasteiger partial charge in [-0.2, -0.15) is 0 Å². The molecule has 1 aromatic rings. The minimum Gasteiger partial charge on any atom is -0.228 e. The number of alkyl halides is 1. The average molecular weight is 317 g/mol. The van der Waals surface area contributed by atoms with Crippen LogP contribution in [0, 0.1) is 5.41 Å². The summed E-state index contributed by atoms with van der Waals surface area (Å²) in [6.45, 7) is 0. The zero-order valence-corrected chi connectivity index (χ0v) is 12.1. The lowest BCUT2D eigenvalue weighted by Gasteiger charge is -2.40. The highest BCUT2D eigenvalue weighted by molar-refractivity contribution is 9.09. The van der Waals surface area contributed by atoms with Crippen molar-refractivity contribution in [3.8, 4) is 0 Å². The number of hydrogen-bond donors (Lipinski definition) is 0. The van der Waals surface area contributed by atoms with E-state index in [0.29, 0.717) is 5.75 Å². The van der Waals surface area contributed by atoms with Crippen LogP contribution in [-0.2, 0) is 15.6 Å². The molecule has 0 saturated heterocycles. The lowest BCUT2D eigenvalue weighted by atomic mass is 9.72. The molecule has 0 radical (unpaired) electrons. The molecule has 2 nitrogen and oxygen atoms in total. The van der Waals surface area contributed by atoms with Crippen LogP contribution in [0.25, 0.3) is 0 Å². The zero-order chi connectivity index (χ0) is 12.4. The van der Waals surface area contributed by atoms with Gasteiger partial charge in [0.2, 0.25) is 0 Å². The van der Waals surface area contributed by atoms with Gasteiger partial charge in [-0.25, -0.2) is 8.42 Å². The van der Waals surface area contributed by atoms with Crippen molar-refractivity contribution in [2.24, 2.45) is 5.41 Å². The molecule has 1 aliphatic rings. The second-order valence-corrected chi connectivity index (χ2v) is 7.63. The van der Waals surface area contributed by atoms with E-state index in [1.807, 2.05) is 30.3 Å². The van der Waals surface area contributed by atoms with E-state index >= 15 is 0 Å². The first-order chi connectivity index (χ1) is 8.05. The van der Waals surface area contributed by atoms with Gasteiger partial charge >= 0.3 is 0 Å². The maximum Gasteiger partial charge on any atom is 0.155 e. The van der Waals surface area contributed by atoms with E-state index in [9.17, 15) is 8.42 Å². The summed E-state index contributed by atoms with van der Waals surface area (Å²) >= 11 is 3.46. The third-order valence-corrected chi connectivity index (χ3v) is 6.47. The van der Waals surface area contributed by atoms with Crippen LogP contribution in [-0.4, -0.2) is 19.5 Å². The van der Waals surface area contributed by atoms with E-state index in [1.165, 1.54) is 0 Å². The van der Waals surface area contributed by atoms with Crippen LogP contribution < -0.4 is 0 Å². The normalized spacial score (nSPS) is 18.6. The Labute approximate surface area is 111 Å². The Bertz CT molecular complexity index is 458. The smallest absolute Gasteiger partial charge is 0.155 e. The van der Waals surface area contributed by atoms with Gasteiger partial charge in [0.05, 0.1) is 11.5 Å². The van der Waals surface area contributed by atoms with Gasteiger partial charge in [-0.15, -0.1) is 0 Å². The molecule has 1 aromatic carbocycles. The van der Waals surface area contributed by atoms with Crippen LogP contribution in [0.5, 0.6) is 0 Å². The first-order valence-electron chi connectivity index (χ1n) is 5.86. The first kappa shape index (κ1) is 13.1. The molecule has 0 unspecified atom stereocenters. The van der Waals surface area contributed by atoms with E-state index in [1.54, 1.807) is 0 Å². The van der Waals surface area contributed by atoms with Gasteiger partial charge in [0.1, 0.15) is 0 Å². The monoisotopic (exact) mass is 316 g/mol. The second kappa shape index (κ2) is 5.11. The van der Waals surface area contributed by atoms with Gasteiger partial charge in [0.25, 0.3) is 0 Å². The van der Waals surface area contributed by atoms with Crippen molar-refractivity contribution in [2.75, 3.05) is 11.1 Å². The van der Waals surface area contributed by atoms with E-state index in [2.05, 4.69) is 15.9 Å². The SMILES string of the molecule is O=S(=O)(Cc1ccccc1)CC1(CBr)CCC1. The fourth-order valence-corrected chi connectivity index (χ4v) is 5.49. The molecule has 94 valence electrons. The molecule has 0 bridgehead atoms. The molecule has 0 atom stereocenters. The van der Waals surface area contributed by atoms with Gasteiger partial charge in [0.15, 0.2) is 9.84 Å². The molecule has 1 saturated carbocycles. The van der Waals surface area contributed by atoms with Crippen LogP contribution in [0.1, 0.15) is 24.8 Å². The van der Waals surface area contributed by atoms with Crippen LogP contribution in [0.3, 0.4) is 0 Å². The highest BCUT2D eigenvalue weighted by atomic mass is 79.9. The molecule has 1 fully saturated rings. The van der Waals surface area contributed by atoms with Crippen molar-refractivity contribution in [1.29, 1.82) is 0 Å². The minimum absolute atomic E-state index is 0.00755. The van der Waals surface area contributed by atoms with Crippen LogP contribution in [0.2, 0.25) is 0 Å². The molecule has 1 aliphatic carbocycles. The van der Waals surface area contributed by atoms with Crippen molar-refractivity contribution in [2.45, 2.75) is 25.0 Å². The maximum atomic E-state index is 12.1. The van der Waals surface area contributed by atoms with Gasteiger partial charge in [-0.3, -0.25) is 0 Å². The van der Waals surface area contributed by atoms with E-state index in [4.69, 9.17) is 0 Å². The average Bonchev–Trinajstić information content (AvgIpc) is 2.24. The van der Waals surface area contributed by atoms with Gasteiger partial charge in [-0.1, -0.05) is 52.7 Å².